The predicted molar refractivity (Wildman–Crippen MR) is 99.3 cm³/mol. The van der Waals surface area contributed by atoms with Gasteiger partial charge in [0.25, 0.3) is 0 Å². The maximum Gasteiger partial charge on any atom is 0.407 e. The van der Waals surface area contributed by atoms with Crippen molar-refractivity contribution < 1.29 is 22.7 Å². The van der Waals surface area contributed by atoms with Gasteiger partial charge in [-0.3, -0.25) is 0 Å². The number of nitrogens with one attached hydrogen (secondary N) is 1. The Balaban J connectivity index is 1.91. The van der Waals surface area contributed by atoms with Gasteiger partial charge in [-0.2, -0.15) is 4.98 Å². The summed E-state index contributed by atoms with van der Waals surface area (Å²) in [6.07, 6.45) is 0.498. The van der Waals surface area contributed by atoms with E-state index in [2.05, 4.69) is 20.3 Å². The summed E-state index contributed by atoms with van der Waals surface area (Å²) in [6.45, 7) is 5.40. The zero-order valence-electron chi connectivity index (χ0n) is 15.9. The highest BCUT2D eigenvalue weighted by Gasteiger charge is 2.39. The second-order valence-electron chi connectivity index (χ2n) is 7.61. The van der Waals surface area contributed by atoms with Crippen LogP contribution in [0.3, 0.4) is 0 Å². The lowest BCUT2D eigenvalue weighted by Crippen LogP contribution is -2.43. The zero-order chi connectivity index (χ0) is 21.3. The molecule has 2 heterocycles. The monoisotopic (exact) mass is 429 g/mol. The molecule has 0 bridgehead atoms. The van der Waals surface area contributed by atoms with Crippen molar-refractivity contribution in [1.82, 2.24) is 20.3 Å². The van der Waals surface area contributed by atoms with Crippen molar-refractivity contribution in [2.75, 3.05) is 18.0 Å². The third-order valence-corrected chi connectivity index (χ3v) is 4.46. The van der Waals surface area contributed by atoms with E-state index >= 15 is 0 Å². The number of carbonyl (C=O) groups is 1. The molecule has 0 radical (unpaired) electrons. The summed E-state index contributed by atoms with van der Waals surface area (Å²) in [6, 6.07) is 0.598. The van der Waals surface area contributed by atoms with E-state index < -0.39 is 41.1 Å². The van der Waals surface area contributed by atoms with Crippen molar-refractivity contribution in [2.24, 2.45) is 0 Å². The van der Waals surface area contributed by atoms with E-state index in [1.54, 1.807) is 25.7 Å². The maximum absolute atomic E-state index is 14.4. The van der Waals surface area contributed by atoms with E-state index in [0.29, 0.717) is 6.07 Å². The van der Waals surface area contributed by atoms with Gasteiger partial charge in [0.2, 0.25) is 11.2 Å². The molecule has 1 amide bonds. The molecule has 156 valence electrons. The van der Waals surface area contributed by atoms with Crippen LogP contribution in [0.15, 0.2) is 18.5 Å². The number of anilines is 1. The topological polar surface area (TPSA) is 80.2 Å². The molecule has 1 aliphatic rings. The van der Waals surface area contributed by atoms with E-state index in [4.69, 9.17) is 16.3 Å². The molecule has 0 unspecified atom stereocenters. The largest absolute Gasteiger partial charge is 0.444 e. The fourth-order valence-corrected chi connectivity index (χ4v) is 3.25. The van der Waals surface area contributed by atoms with Gasteiger partial charge in [-0.25, -0.2) is 27.9 Å². The van der Waals surface area contributed by atoms with E-state index in [1.807, 2.05) is 0 Å². The first kappa shape index (κ1) is 21.1. The molecule has 2 atom stereocenters. The smallest absolute Gasteiger partial charge is 0.407 e. The van der Waals surface area contributed by atoms with E-state index in [9.17, 15) is 18.0 Å². The number of alkyl carbamates (subject to hydrolysis) is 1. The summed E-state index contributed by atoms with van der Waals surface area (Å²) in [5, 5.41) is 2.64. The zero-order valence-corrected chi connectivity index (χ0v) is 16.7. The summed E-state index contributed by atoms with van der Waals surface area (Å²) < 4.78 is 46.8. The van der Waals surface area contributed by atoms with Crippen molar-refractivity contribution in [1.29, 1.82) is 0 Å². The fourth-order valence-electron chi connectivity index (χ4n) is 3.13. The Kier molecular flexibility index (Phi) is 5.83. The van der Waals surface area contributed by atoms with Gasteiger partial charge in [-0.15, -0.1) is 0 Å². The molecule has 0 aliphatic carbocycles. The Morgan fingerprint density at radius 1 is 1.17 bits per heavy atom. The van der Waals surface area contributed by atoms with Crippen LogP contribution >= 0.6 is 11.6 Å². The molecule has 29 heavy (non-hydrogen) atoms. The standard InChI is InChI=1S/C18H19ClF3N5O2/c1-18(2,3)29-17(28)25-14-7-27(16-24-8-23-15(19)26-16)6-10(14)9-4-12(21)13(22)5-11(9)20/h4-5,8,10,14H,6-7H2,1-3H3,(H,25,28)/t10-,14+/m1/s1. The molecule has 1 fully saturated rings. The Hall–Kier alpha value is -2.62. The first-order valence-corrected chi connectivity index (χ1v) is 9.15. The average Bonchev–Trinajstić information content (AvgIpc) is 3.00. The third-order valence-electron chi connectivity index (χ3n) is 4.27. The van der Waals surface area contributed by atoms with Crippen molar-refractivity contribution in [3.63, 3.8) is 0 Å². The number of halogens is 4. The third kappa shape index (κ3) is 5.06. The van der Waals surface area contributed by atoms with Crippen LogP contribution in [-0.4, -0.2) is 45.8 Å². The number of aromatic nitrogens is 3. The van der Waals surface area contributed by atoms with Crippen molar-refractivity contribution in [3.8, 4) is 0 Å². The highest BCUT2D eigenvalue weighted by atomic mass is 35.5. The molecule has 0 saturated carbocycles. The van der Waals surface area contributed by atoms with Gasteiger partial charge < -0.3 is 15.0 Å². The lowest BCUT2D eigenvalue weighted by atomic mass is 9.93. The van der Waals surface area contributed by atoms with Crippen molar-refractivity contribution >= 4 is 23.6 Å². The predicted octanol–water partition coefficient (Wildman–Crippen LogP) is 3.44. The van der Waals surface area contributed by atoms with Gasteiger partial charge in [0.15, 0.2) is 11.6 Å². The molecule has 3 rings (SSSR count). The van der Waals surface area contributed by atoms with Crippen LogP contribution < -0.4 is 10.2 Å². The molecule has 2 aromatic rings. The average molecular weight is 430 g/mol. The number of hydrogen-bond acceptors (Lipinski definition) is 6. The van der Waals surface area contributed by atoms with Crippen LogP contribution in [0.5, 0.6) is 0 Å². The molecular formula is C18H19ClF3N5O2. The number of amides is 1. The highest BCUT2D eigenvalue weighted by Crippen LogP contribution is 2.32. The van der Waals surface area contributed by atoms with Crippen LogP contribution in [0.4, 0.5) is 23.9 Å². The summed E-state index contributed by atoms with van der Waals surface area (Å²) in [5.41, 5.74) is -0.819. The Bertz CT molecular complexity index is 925. The lowest BCUT2D eigenvalue weighted by molar-refractivity contribution is 0.0504. The maximum atomic E-state index is 14.4. The Morgan fingerprint density at radius 3 is 2.52 bits per heavy atom. The summed E-state index contributed by atoms with van der Waals surface area (Å²) in [5.74, 6) is -3.89. The first-order chi connectivity index (χ1) is 13.5. The first-order valence-electron chi connectivity index (χ1n) is 8.77. The normalized spacial score (nSPS) is 19.3. The molecule has 1 saturated heterocycles. The molecule has 1 aromatic carbocycles. The molecule has 1 aliphatic heterocycles. The van der Waals surface area contributed by atoms with Crippen molar-refractivity contribution in [3.05, 3.63) is 46.8 Å². The molecular weight excluding hydrogens is 411 g/mol. The van der Waals surface area contributed by atoms with Crippen molar-refractivity contribution in [2.45, 2.75) is 38.3 Å². The summed E-state index contributed by atoms with van der Waals surface area (Å²) in [4.78, 5) is 25.6. The van der Waals surface area contributed by atoms with Gasteiger partial charge in [0.05, 0.1) is 6.04 Å². The SMILES string of the molecule is CC(C)(C)OC(=O)N[C@H]1CN(c2ncnc(Cl)n2)C[C@@H]1c1cc(F)c(F)cc1F. The van der Waals surface area contributed by atoms with E-state index in [1.165, 1.54) is 6.33 Å². The fraction of sp³-hybridized carbons (Fsp3) is 0.444. The molecule has 1 aromatic heterocycles. The van der Waals surface area contributed by atoms with Crippen LogP contribution in [0, 0.1) is 17.5 Å². The Morgan fingerprint density at radius 2 is 1.86 bits per heavy atom. The van der Waals surface area contributed by atoms with E-state index in [0.717, 1.165) is 6.07 Å². The minimum atomic E-state index is -1.29. The number of rotatable bonds is 3. The number of nitrogens with zero attached hydrogens (tertiary/aromatic N) is 4. The van der Waals surface area contributed by atoms with Gasteiger partial charge in [-0.1, -0.05) is 0 Å². The number of hydrogen-bond donors (Lipinski definition) is 1. The van der Waals surface area contributed by atoms with Gasteiger partial charge in [0, 0.05) is 25.1 Å². The number of ether oxygens (including phenoxy) is 1. The number of carbonyl (C=O) groups excluding carboxylic acids is 1. The summed E-state index contributed by atoms with van der Waals surface area (Å²) in [7, 11) is 0. The number of benzene rings is 1. The Labute approximate surface area is 170 Å². The van der Waals surface area contributed by atoms with Gasteiger partial charge in [0.1, 0.15) is 17.7 Å². The second kappa shape index (κ2) is 8.02. The molecule has 7 nitrogen and oxygen atoms in total. The van der Waals surface area contributed by atoms with E-state index in [-0.39, 0.29) is 29.9 Å². The quantitative estimate of drug-likeness (QED) is 0.753. The van der Waals surface area contributed by atoms with Crippen LogP contribution in [-0.2, 0) is 4.74 Å². The second-order valence-corrected chi connectivity index (χ2v) is 7.94. The summed E-state index contributed by atoms with van der Waals surface area (Å²) >= 11 is 5.80. The minimum absolute atomic E-state index is 0.0332. The minimum Gasteiger partial charge on any atom is -0.444 e. The molecule has 11 heteroatoms. The van der Waals surface area contributed by atoms with Crippen LogP contribution in [0.2, 0.25) is 5.28 Å². The van der Waals surface area contributed by atoms with Gasteiger partial charge in [-0.05, 0) is 44.0 Å². The molecule has 0 spiro atoms. The highest BCUT2D eigenvalue weighted by molar-refractivity contribution is 6.28. The molecule has 1 N–H and O–H groups in total. The van der Waals surface area contributed by atoms with Crippen LogP contribution in [0.1, 0.15) is 32.3 Å². The lowest BCUT2D eigenvalue weighted by Gasteiger charge is -2.24. The van der Waals surface area contributed by atoms with Crippen LogP contribution in [0.25, 0.3) is 0 Å². The van der Waals surface area contributed by atoms with Gasteiger partial charge >= 0.3 is 6.09 Å².